The van der Waals surface area contributed by atoms with Crippen LogP contribution in [0.2, 0.25) is 10.0 Å². The van der Waals surface area contributed by atoms with E-state index in [0.717, 1.165) is 31.7 Å². The number of anilines is 1. The smallest absolute Gasteiger partial charge is 0.234 e. The quantitative estimate of drug-likeness (QED) is 0.216. The van der Waals surface area contributed by atoms with Crippen molar-refractivity contribution in [3.8, 4) is 5.75 Å². The molecular weight excluding hydrogens is 485 g/mol. The first-order chi connectivity index (χ1) is 15.5. The molecule has 9 heteroatoms. The number of nitrogens with zero attached hydrogens (tertiary/aromatic N) is 2. The van der Waals surface area contributed by atoms with E-state index in [1.807, 2.05) is 18.2 Å². The minimum Gasteiger partial charge on any atom is -0.497 e. The fourth-order valence-electron chi connectivity index (χ4n) is 2.81. The minimum atomic E-state index is -0.0960. The van der Waals surface area contributed by atoms with Crippen LogP contribution in [0.5, 0.6) is 5.75 Å². The lowest BCUT2D eigenvalue weighted by Crippen LogP contribution is -2.13. The second kappa shape index (κ2) is 10.4. The van der Waals surface area contributed by atoms with Gasteiger partial charge in [-0.3, -0.25) is 9.79 Å². The zero-order valence-electron chi connectivity index (χ0n) is 16.8. The zero-order chi connectivity index (χ0) is 22.5. The number of ether oxygens (including phenoxy) is 1. The number of aliphatic imine (C=N–C) groups is 1. The van der Waals surface area contributed by atoms with Crippen molar-refractivity contribution in [2.75, 3.05) is 18.2 Å². The van der Waals surface area contributed by atoms with Crippen molar-refractivity contribution in [1.82, 2.24) is 4.98 Å². The van der Waals surface area contributed by atoms with Gasteiger partial charge in [0, 0.05) is 17.5 Å². The average Bonchev–Trinajstić information content (AvgIpc) is 3.20. The Bertz CT molecular complexity index is 1270. The zero-order valence-corrected chi connectivity index (χ0v) is 20.0. The number of halogens is 2. The van der Waals surface area contributed by atoms with Crippen molar-refractivity contribution in [3.63, 3.8) is 0 Å². The van der Waals surface area contributed by atoms with Crippen molar-refractivity contribution in [2.24, 2.45) is 4.99 Å². The summed E-state index contributed by atoms with van der Waals surface area (Å²) in [6.07, 6.45) is 1.66. The Balaban J connectivity index is 1.40. The van der Waals surface area contributed by atoms with Gasteiger partial charge in [-0.05, 0) is 54.6 Å². The van der Waals surface area contributed by atoms with E-state index < -0.39 is 0 Å². The highest BCUT2D eigenvalue weighted by Gasteiger charge is 2.09. The van der Waals surface area contributed by atoms with Gasteiger partial charge in [-0.2, -0.15) is 0 Å². The molecule has 0 aliphatic heterocycles. The fraction of sp³-hybridized carbons (Fsp3) is 0.0870. The Kier molecular flexibility index (Phi) is 7.32. The summed E-state index contributed by atoms with van der Waals surface area (Å²) in [5, 5.41) is 3.96. The molecule has 162 valence electrons. The van der Waals surface area contributed by atoms with Crippen molar-refractivity contribution in [1.29, 1.82) is 0 Å². The van der Waals surface area contributed by atoms with E-state index in [1.54, 1.807) is 55.8 Å². The van der Waals surface area contributed by atoms with Gasteiger partial charge in [-0.25, -0.2) is 4.98 Å². The highest BCUT2D eigenvalue weighted by molar-refractivity contribution is 8.01. The van der Waals surface area contributed by atoms with Crippen LogP contribution in [0, 0.1) is 0 Å². The van der Waals surface area contributed by atoms with Gasteiger partial charge in [0.15, 0.2) is 4.34 Å². The van der Waals surface area contributed by atoms with Crippen LogP contribution in [0.25, 0.3) is 10.2 Å². The summed E-state index contributed by atoms with van der Waals surface area (Å²) >= 11 is 15.3. The monoisotopic (exact) mass is 501 g/mol. The van der Waals surface area contributed by atoms with Gasteiger partial charge in [0.1, 0.15) is 5.75 Å². The summed E-state index contributed by atoms with van der Waals surface area (Å²) in [6.45, 7) is 0. The Hall–Kier alpha value is -2.58. The first-order valence-corrected chi connectivity index (χ1v) is 12.0. The van der Waals surface area contributed by atoms with E-state index in [9.17, 15) is 4.79 Å². The van der Waals surface area contributed by atoms with Crippen LogP contribution in [-0.2, 0) is 4.79 Å². The van der Waals surface area contributed by atoms with Gasteiger partial charge in [0.25, 0.3) is 0 Å². The maximum atomic E-state index is 12.3. The van der Waals surface area contributed by atoms with Crippen LogP contribution < -0.4 is 10.1 Å². The van der Waals surface area contributed by atoms with E-state index in [-0.39, 0.29) is 11.7 Å². The second-order valence-electron chi connectivity index (χ2n) is 6.59. The van der Waals surface area contributed by atoms with Gasteiger partial charge < -0.3 is 10.1 Å². The molecule has 5 nitrogen and oxygen atoms in total. The number of hydrogen-bond donors (Lipinski definition) is 1. The largest absolute Gasteiger partial charge is 0.497 e. The van der Waals surface area contributed by atoms with Crippen molar-refractivity contribution in [3.05, 3.63) is 76.3 Å². The summed E-state index contributed by atoms with van der Waals surface area (Å²) in [7, 11) is 1.60. The number of rotatable bonds is 7. The molecule has 0 unspecified atom stereocenters. The topological polar surface area (TPSA) is 63.6 Å². The number of carbonyl (C=O) groups excluding carboxylic acids is 1. The number of aromatic nitrogens is 1. The standard InChI is InChI=1S/C23H17Cl2N3O2S2/c1-30-16-8-5-14(6-9-16)27-22(29)13-31-23-28-20-10-7-15(11-21(20)32-23)26-12-17-18(24)3-2-4-19(17)25/h2-12H,13H2,1H3,(H,27,29). The summed E-state index contributed by atoms with van der Waals surface area (Å²) in [5.74, 6) is 0.911. The van der Waals surface area contributed by atoms with Crippen LogP contribution in [0.1, 0.15) is 5.56 Å². The molecule has 0 radical (unpaired) electrons. The van der Waals surface area contributed by atoms with Crippen LogP contribution >= 0.6 is 46.3 Å². The Morgan fingerprint density at radius 2 is 1.91 bits per heavy atom. The molecule has 1 heterocycles. The third kappa shape index (κ3) is 5.61. The molecule has 4 rings (SSSR count). The molecule has 3 aromatic carbocycles. The van der Waals surface area contributed by atoms with Crippen molar-refractivity contribution in [2.45, 2.75) is 4.34 Å². The average molecular weight is 502 g/mol. The summed E-state index contributed by atoms with van der Waals surface area (Å²) in [6, 6.07) is 18.3. The van der Waals surface area contributed by atoms with E-state index in [4.69, 9.17) is 27.9 Å². The highest BCUT2D eigenvalue weighted by atomic mass is 35.5. The number of nitrogens with one attached hydrogen (secondary N) is 1. The van der Waals surface area contributed by atoms with E-state index in [0.29, 0.717) is 15.6 Å². The molecular formula is C23H17Cl2N3O2S2. The number of benzene rings is 3. The molecule has 1 amide bonds. The maximum absolute atomic E-state index is 12.3. The molecule has 32 heavy (non-hydrogen) atoms. The molecule has 0 saturated carbocycles. The van der Waals surface area contributed by atoms with Crippen LogP contribution in [-0.4, -0.2) is 30.0 Å². The summed E-state index contributed by atoms with van der Waals surface area (Å²) < 4.78 is 6.93. The number of fused-ring (bicyclic) bond motifs is 1. The first kappa shape index (κ1) is 22.6. The molecule has 0 bridgehead atoms. The minimum absolute atomic E-state index is 0.0960. The maximum Gasteiger partial charge on any atom is 0.234 e. The lowest BCUT2D eigenvalue weighted by Gasteiger charge is -2.05. The molecule has 4 aromatic rings. The Morgan fingerprint density at radius 3 is 2.62 bits per heavy atom. The van der Waals surface area contributed by atoms with Crippen LogP contribution in [0.4, 0.5) is 11.4 Å². The second-order valence-corrected chi connectivity index (χ2v) is 9.66. The SMILES string of the molecule is COc1ccc(NC(=O)CSc2nc3ccc(N=Cc4c(Cl)cccc4Cl)cc3s2)cc1. The van der Waals surface area contributed by atoms with Gasteiger partial charge >= 0.3 is 0 Å². The van der Waals surface area contributed by atoms with Crippen LogP contribution in [0.15, 0.2) is 70.0 Å². The third-order valence-corrected chi connectivity index (χ3v) is 7.22. The lowest BCUT2D eigenvalue weighted by molar-refractivity contribution is -0.113. The number of methoxy groups -OCH3 is 1. The van der Waals surface area contributed by atoms with Crippen molar-refractivity contribution >= 4 is 80.0 Å². The molecule has 0 aliphatic carbocycles. The third-order valence-electron chi connectivity index (χ3n) is 4.40. The molecule has 1 aromatic heterocycles. The molecule has 0 spiro atoms. The number of amides is 1. The molecule has 0 fully saturated rings. The van der Waals surface area contributed by atoms with Gasteiger partial charge in [0.2, 0.25) is 5.91 Å². The molecule has 0 saturated heterocycles. The summed E-state index contributed by atoms with van der Waals surface area (Å²) in [4.78, 5) is 21.3. The fourth-order valence-corrected chi connectivity index (χ4v) is 5.20. The molecule has 0 atom stereocenters. The van der Waals surface area contributed by atoms with Crippen LogP contribution in [0.3, 0.4) is 0 Å². The molecule has 1 N–H and O–H groups in total. The van der Waals surface area contributed by atoms with Gasteiger partial charge in [-0.15, -0.1) is 11.3 Å². The number of hydrogen-bond acceptors (Lipinski definition) is 6. The van der Waals surface area contributed by atoms with E-state index in [2.05, 4.69) is 15.3 Å². The van der Waals surface area contributed by atoms with Crippen molar-refractivity contribution < 1.29 is 9.53 Å². The number of thioether (sulfide) groups is 1. The summed E-state index contributed by atoms with van der Waals surface area (Å²) in [5.41, 5.74) is 3.04. The first-order valence-electron chi connectivity index (χ1n) is 9.47. The van der Waals surface area contributed by atoms with E-state index in [1.165, 1.54) is 23.1 Å². The lowest BCUT2D eigenvalue weighted by atomic mass is 10.2. The Labute approximate surface area is 203 Å². The molecule has 0 aliphatic rings. The van der Waals surface area contributed by atoms with Gasteiger partial charge in [-0.1, -0.05) is 41.0 Å². The van der Waals surface area contributed by atoms with Gasteiger partial charge in [0.05, 0.1) is 38.8 Å². The number of thiazole rings is 1. The predicted molar refractivity (Wildman–Crippen MR) is 136 cm³/mol. The highest BCUT2D eigenvalue weighted by Crippen LogP contribution is 2.32. The van der Waals surface area contributed by atoms with E-state index >= 15 is 0 Å². The Morgan fingerprint density at radius 1 is 1.16 bits per heavy atom. The normalized spacial score (nSPS) is 11.2. The number of carbonyl (C=O) groups is 1. The predicted octanol–water partition coefficient (Wildman–Crippen LogP) is 7.09.